The SMILES string of the molecule is CCC(CCCCN)N1CCCCC1. The average molecular weight is 198 g/mol. The van der Waals surface area contributed by atoms with Crippen molar-refractivity contribution in [1.82, 2.24) is 4.90 Å². The molecule has 1 aliphatic heterocycles. The van der Waals surface area contributed by atoms with Crippen molar-refractivity contribution in [1.29, 1.82) is 0 Å². The fraction of sp³-hybridized carbons (Fsp3) is 1.00. The summed E-state index contributed by atoms with van der Waals surface area (Å²) in [5.41, 5.74) is 5.52. The summed E-state index contributed by atoms with van der Waals surface area (Å²) in [4.78, 5) is 2.69. The van der Waals surface area contributed by atoms with E-state index in [1.54, 1.807) is 0 Å². The average Bonchev–Trinajstić information content (AvgIpc) is 2.26. The van der Waals surface area contributed by atoms with Gasteiger partial charge in [0.05, 0.1) is 0 Å². The highest BCUT2D eigenvalue weighted by atomic mass is 15.2. The van der Waals surface area contributed by atoms with E-state index >= 15 is 0 Å². The van der Waals surface area contributed by atoms with Crippen molar-refractivity contribution in [2.75, 3.05) is 19.6 Å². The molecule has 2 N–H and O–H groups in total. The zero-order valence-corrected chi connectivity index (χ0v) is 9.67. The zero-order valence-electron chi connectivity index (χ0n) is 9.67. The van der Waals surface area contributed by atoms with E-state index in [9.17, 15) is 0 Å². The highest BCUT2D eigenvalue weighted by molar-refractivity contribution is 4.73. The Labute approximate surface area is 88.8 Å². The van der Waals surface area contributed by atoms with Crippen LogP contribution in [0.4, 0.5) is 0 Å². The van der Waals surface area contributed by atoms with Gasteiger partial charge in [-0.15, -0.1) is 0 Å². The van der Waals surface area contributed by atoms with Gasteiger partial charge in [-0.1, -0.05) is 19.8 Å². The fourth-order valence-corrected chi connectivity index (χ4v) is 2.45. The van der Waals surface area contributed by atoms with Gasteiger partial charge in [-0.05, 0) is 51.7 Å². The maximum absolute atomic E-state index is 5.52. The molecular weight excluding hydrogens is 172 g/mol. The summed E-state index contributed by atoms with van der Waals surface area (Å²) in [6.07, 6.45) is 9.44. The van der Waals surface area contributed by atoms with Crippen LogP contribution in [0.25, 0.3) is 0 Å². The van der Waals surface area contributed by atoms with Crippen molar-refractivity contribution < 1.29 is 0 Å². The highest BCUT2D eigenvalue weighted by Crippen LogP contribution is 2.18. The second-order valence-electron chi connectivity index (χ2n) is 4.44. The monoisotopic (exact) mass is 198 g/mol. The van der Waals surface area contributed by atoms with Crippen LogP contribution in [0.1, 0.15) is 51.9 Å². The quantitative estimate of drug-likeness (QED) is 0.664. The molecule has 2 nitrogen and oxygen atoms in total. The molecule has 0 radical (unpaired) electrons. The van der Waals surface area contributed by atoms with Gasteiger partial charge in [0.15, 0.2) is 0 Å². The summed E-state index contributed by atoms with van der Waals surface area (Å²) < 4.78 is 0. The molecule has 0 aromatic heterocycles. The molecule has 1 heterocycles. The molecule has 0 aliphatic carbocycles. The number of hydrogen-bond donors (Lipinski definition) is 1. The lowest BCUT2D eigenvalue weighted by Gasteiger charge is -2.34. The predicted molar refractivity (Wildman–Crippen MR) is 62.4 cm³/mol. The van der Waals surface area contributed by atoms with Crippen molar-refractivity contribution in [2.24, 2.45) is 5.73 Å². The molecule has 1 aliphatic rings. The van der Waals surface area contributed by atoms with E-state index in [1.807, 2.05) is 0 Å². The molecule has 0 saturated carbocycles. The van der Waals surface area contributed by atoms with E-state index in [0.717, 1.165) is 12.6 Å². The van der Waals surface area contributed by atoms with Crippen molar-refractivity contribution in [3.05, 3.63) is 0 Å². The number of unbranched alkanes of at least 4 members (excludes halogenated alkanes) is 1. The van der Waals surface area contributed by atoms with Gasteiger partial charge in [-0.25, -0.2) is 0 Å². The van der Waals surface area contributed by atoms with Crippen LogP contribution in [-0.2, 0) is 0 Å². The van der Waals surface area contributed by atoms with Gasteiger partial charge >= 0.3 is 0 Å². The highest BCUT2D eigenvalue weighted by Gasteiger charge is 2.18. The Bertz CT molecular complexity index is 130. The van der Waals surface area contributed by atoms with Crippen LogP contribution in [0.3, 0.4) is 0 Å². The first kappa shape index (κ1) is 12.0. The van der Waals surface area contributed by atoms with Crippen molar-refractivity contribution >= 4 is 0 Å². The Morgan fingerprint density at radius 1 is 1.14 bits per heavy atom. The third-order valence-electron chi connectivity index (χ3n) is 3.37. The molecular formula is C12H26N2. The van der Waals surface area contributed by atoms with Gasteiger partial charge in [-0.2, -0.15) is 0 Å². The van der Waals surface area contributed by atoms with E-state index in [2.05, 4.69) is 11.8 Å². The lowest BCUT2D eigenvalue weighted by Crippen LogP contribution is -2.38. The van der Waals surface area contributed by atoms with E-state index in [1.165, 1.54) is 58.0 Å². The molecule has 84 valence electrons. The number of nitrogens with zero attached hydrogens (tertiary/aromatic N) is 1. The van der Waals surface area contributed by atoms with Crippen LogP contribution < -0.4 is 5.73 Å². The Morgan fingerprint density at radius 3 is 2.43 bits per heavy atom. The zero-order chi connectivity index (χ0) is 10.2. The second kappa shape index (κ2) is 7.24. The third-order valence-corrected chi connectivity index (χ3v) is 3.37. The van der Waals surface area contributed by atoms with Crippen molar-refractivity contribution in [3.63, 3.8) is 0 Å². The maximum Gasteiger partial charge on any atom is 0.00926 e. The Morgan fingerprint density at radius 2 is 1.86 bits per heavy atom. The Balaban J connectivity index is 2.21. The number of piperidine rings is 1. The molecule has 0 aromatic rings. The standard InChI is InChI=1S/C12H26N2/c1-2-12(8-4-5-9-13)14-10-6-3-7-11-14/h12H,2-11,13H2,1H3. The summed E-state index contributed by atoms with van der Waals surface area (Å²) in [6, 6.07) is 0.835. The van der Waals surface area contributed by atoms with Crippen LogP contribution >= 0.6 is 0 Å². The summed E-state index contributed by atoms with van der Waals surface area (Å²) in [5.74, 6) is 0. The fourth-order valence-electron chi connectivity index (χ4n) is 2.45. The van der Waals surface area contributed by atoms with E-state index in [0.29, 0.717) is 0 Å². The van der Waals surface area contributed by atoms with E-state index in [4.69, 9.17) is 5.73 Å². The van der Waals surface area contributed by atoms with E-state index < -0.39 is 0 Å². The van der Waals surface area contributed by atoms with E-state index in [-0.39, 0.29) is 0 Å². The number of hydrogen-bond acceptors (Lipinski definition) is 2. The third kappa shape index (κ3) is 3.97. The van der Waals surface area contributed by atoms with Crippen LogP contribution in [0.15, 0.2) is 0 Å². The minimum Gasteiger partial charge on any atom is -0.330 e. The van der Waals surface area contributed by atoms with Gasteiger partial charge < -0.3 is 10.6 Å². The number of rotatable bonds is 6. The molecule has 0 aromatic carbocycles. The van der Waals surface area contributed by atoms with Crippen LogP contribution in [0.2, 0.25) is 0 Å². The van der Waals surface area contributed by atoms with Crippen molar-refractivity contribution in [2.45, 2.75) is 57.9 Å². The summed E-state index contributed by atoms with van der Waals surface area (Å²) >= 11 is 0. The molecule has 2 heteroatoms. The summed E-state index contributed by atoms with van der Waals surface area (Å²) in [6.45, 7) is 5.85. The first-order chi connectivity index (χ1) is 6.88. The minimum atomic E-state index is 0.835. The first-order valence-electron chi connectivity index (χ1n) is 6.32. The van der Waals surface area contributed by atoms with Crippen molar-refractivity contribution in [3.8, 4) is 0 Å². The van der Waals surface area contributed by atoms with Gasteiger partial charge in [0.1, 0.15) is 0 Å². The van der Waals surface area contributed by atoms with Gasteiger partial charge in [0.2, 0.25) is 0 Å². The van der Waals surface area contributed by atoms with Crippen LogP contribution in [0.5, 0.6) is 0 Å². The molecule has 1 rings (SSSR count). The Hall–Kier alpha value is -0.0800. The molecule has 1 unspecified atom stereocenters. The second-order valence-corrected chi connectivity index (χ2v) is 4.44. The molecule has 0 amide bonds. The number of likely N-dealkylation sites (tertiary alicyclic amines) is 1. The summed E-state index contributed by atoms with van der Waals surface area (Å²) in [5, 5.41) is 0. The molecule has 1 saturated heterocycles. The Kier molecular flexibility index (Phi) is 6.20. The molecule has 14 heavy (non-hydrogen) atoms. The van der Waals surface area contributed by atoms with Crippen LogP contribution in [0, 0.1) is 0 Å². The smallest absolute Gasteiger partial charge is 0.00926 e. The number of nitrogens with two attached hydrogens (primary N) is 1. The molecule has 0 spiro atoms. The first-order valence-corrected chi connectivity index (χ1v) is 6.32. The van der Waals surface area contributed by atoms with Gasteiger partial charge in [-0.3, -0.25) is 0 Å². The lowest BCUT2D eigenvalue weighted by molar-refractivity contribution is 0.149. The summed E-state index contributed by atoms with van der Waals surface area (Å²) in [7, 11) is 0. The molecule has 1 fully saturated rings. The normalized spacial score (nSPS) is 21.0. The van der Waals surface area contributed by atoms with Crippen LogP contribution in [-0.4, -0.2) is 30.6 Å². The molecule has 1 atom stereocenters. The maximum atomic E-state index is 5.52. The molecule has 0 bridgehead atoms. The lowest BCUT2D eigenvalue weighted by atomic mass is 10.0. The predicted octanol–water partition coefficient (Wildman–Crippen LogP) is 2.38. The van der Waals surface area contributed by atoms with Gasteiger partial charge in [0.25, 0.3) is 0 Å². The van der Waals surface area contributed by atoms with Gasteiger partial charge in [0, 0.05) is 6.04 Å². The minimum absolute atomic E-state index is 0.835. The topological polar surface area (TPSA) is 29.3 Å². The largest absolute Gasteiger partial charge is 0.330 e.